The summed E-state index contributed by atoms with van der Waals surface area (Å²) in [6.45, 7) is 4.41. The summed E-state index contributed by atoms with van der Waals surface area (Å²) in [5.74, 6) is -0.834. The molecule has 0 atom stereocenters. The third-order valence-corrected chi connectivity index (χ3v) is 6.33. The number of esters is 1. The first-order valence-corrected chi connectivity index (χ1v) is 13.2. The molecule has 1 aromatic heterocycles. The van der Waals surface area contributed by atoms with Crippen LogP contribution in [-0.4, -0.2) is 11.0 Å². The molecule has 0 bridgehead atoms. The number of carbonyl (C=O) groups is 1. The van der Waals surface area contributed by atoms with E-state index in [0.717, 1.165) is 42.5 Å². The van der Waals surface area contributed by atoms with Gasteiger partial charge in [0.25, 0.3) is 0 Å². The van der Waals surface area contributed by atoms with Gasteiger partial charge in [-0.2, -0.15) is 0 Å². The smallest absolute Gasteiger partial charge is 0.346 e. The fraction of sp³-hybridized carbons (Fsp3) is 0.419. The number of nitrogens with zero attached hydrogens (tertiary/aromatic N) is 1. The number of hydrogen-bond acceptors (Lipinski definition) is 3. The highest BCUT2D eigenvalue weighted by atomic mass is 19.1. The van der Waals surface area contributed by atoms with Crippen LogP contribution in [0.2, 0.25) is 0 Å². The number of unbranched alkanes of at least 4 members (excludes halogenated alkanes) is 7. The van der Waals surface area contributed by atoms with Gasteiger partial charge in [-0.15, -0.1) is 0 Å². The summed E-state index contributed by atoms with van der Waals surface area (Å²) in [5.41, 5.74) is 3.93. The Bertz CT molecular complexity index is 1040. The Kier molecular flexibility index (Phi) is 10.9. The average Bonchev–Trinajstić information content (AvgIpc) is 2.87. The van der Waals surface area contributed by atoms with Gasteiger partial charge in [-0.05, 0) is 79.3 Å². The number of benzene rings is 2. The molecule has 0 unspecified atom stereocenters. The van der Waals surface area contributed by atoms with Crippen molar-refractivity contribution in [3.8, 4) is 17.0 Å². The van der Waals surface area contributed by atoms with E-state index in [4.69, 9.17) is 4.74 Å². The first-order valence-electron chi connectivity index (χ1n) is 13.2. The van der Waals surface area contributed by atoms with Crippen molar-refractivity contribution < 1.29 is 13.9 Å². The SMILES string of the molecule is CCCCCCCCc1ccc(C(=O)Oc2ccc(-c3ccc(CCCCC)cn3)cc2)c(F)c1. The van der Waals surface area contributed by atoms with Crippen molar-refractivity contribution in [2.75, 3.05) is 0 Å². The second kappa shape index (κ2) is 14.4. The third kappa shape index (κ3) is 8.61. The van der Waals surface area contributed by atoms with Crippen LogP contribution >= 0.6 is 0 Å². The quantitative estimate of drug-likeness (QED) is 0.133. The third-order valence-electron chi connectivity index (χ3n) is 6.33. The maximum atomic E-state index is 14.6. The van der Waals surface area contributed by atoms with Crippen molar-refractivity contribution in [1.82, 2.24) is 4.98 Å². The molecule has 0 N–H and O–H groups in total. The van der Waals surface area contributed by atoms with E-state index in [2.05, 4.69) is 24.9 Å². The Morgan fingerprint density at radius 2 is 1.40 bits per heavy atom. The number of ether oxygens (including phenoxy) is 1. The summed E-state index contributed by atoms with van der Waals surface area (Å²) in [5, 5.41) is 0. The summed E-state index contributed by atoms with van der Waals surface area (Å²) in [4.78, 5) is 17.1. The highest BCUT2D eigenvalue weighted by Crippen LogP contribution is 2.23. The van der Waals surface area contributed by atoms with Gasteiger partial charge in [0.1, 0.15) is 11.6 Å². The summed E-state index contributed by atoms with van der Waals surface area (Å²) in [6, 6.07) is 16.1. The van der Waals surface area contributed by atoms with Crippen LogP contribution in [0.15, 0.2) is 60.8 Å². The summed E-state index contributed by atoms with van der Waals surface area (Å²) in [7, 11) is 0. The van der Waals surface area contributed by atoms with Crippen molar-refractivity contribution in [2.45, 2.75) is 84.5 Å². The summed E-state index contributed by atoms with van der Waals surface area (Å²) in [6.07, 6.45) is 14.6. The molecular formula is C31H38FNO2. The number of hydrogen-bond donors (Lipinski definition) is 0. The second-order valence-corrected chi connectivity index (χ2v) is 9.25. The van der Waals surface area contributed by atoms with Crippen molar-refractivity contribution in [3.63, 3.8) is 0 Å². The van der Waals surface area contributed by atoms with Crippen LogP contribution < -0.4 is 4.74 Å². The number of aryl methyl sites for hydroxylation is 2. The van der Waals surface area contributed by atoms with E-state index in [1.807, 2.05) is 30.5 Å². The van der Waals surface area contributed by atoms with Gasteiger partial charge >= 0.3 is 5.97 Å². The molecule has 0 fully saturated rings. The number of pyridine rings is 1. The largest absolute Gasteiger partial charge is 0.423 e. The zero-order valence-corrected chi connectivity index (χ0v) is 21.2. The molecule has 186 valence electrons. The minimum Gasteiger partial charge on any atom is -0.423 e. The van der Waals surface area contributed by atoms with Crippen LogP contribution in [-0.2, 0) is 12.8 Å². The molecule has 0 aliphatic heterocycles. The lowest BCUT2D eigenvalue weighted by atomic mass is 10.0. The molecule has 0 amide bonds. The van der Waals surface area contributed by atoms with Crippen LogP contribution in [0.5, 0.6) is 5.75 Å². The topological polar surface area (TPSA) is 39.2 Å². The molecule has 2 aromatic carbocycles. The summed E-state index contributed by atoms with van der Waals surface area (Å²) >= 11 is 0. The molecule has 3 rings (SSSR count). The Morgan fingerprint density at radius 3 is 2.09 bits per heavy atom. The van der Waals surface area contributed by atoms with Gasteiger partial charge in [-0.25, -0.2) is 9.18 Å². The fourth-order valence-electron chi connectivity index (χ4n) is 4.17. The molecular weight excluding hydrogens is 437 g/mol. The number of aromatic nitrogens is 1. The molecule has 1 heterocycles. The van der Waals surface area contributed by atoms with Crippen molar-refractivity contribution in [2.24, 2.45) is 0 Å². The van der Waals surface area contributed by atoms with E-state index in [-0.39, 0.29) is 5.56 Å². The predicted octanol–water partition coefficient (Wildman–Crippen LogP) is 8.74. The molecule has 0 radical (unpaired) electrons. The Labute approximate surface area is 209 Å². The molecule has 0 saturated carbocycles. The fourth-order valence-corrected chi connectivity index (χ4v) is 4.17. The minimum absolute atomic E-state index is 0.0406. The first kappa shape index (κ1) is 26.6. The first-order chi connectivity index (χ1) is 17.1. The highest BCUT2D eigenvalue weighted by Gasteiger charge is 2.15. The van der Waals surface area contributed by atoms with Gasteiger partial charge in [0, 0.05) is 11.8 Å². The maximum Gasteiger partial charge on any atom is 0.346 e. The van der Waals surface area contributed by atoms with Crippen LogP contribution in [0.4, 0.5) is 4.39 Å². The van der Waals surface area contributed by atoms with E-state index in [1.54, 1.807) is 12.1 Å². The van der Waals surface area contributed by atoms with E-state index in [1.165, 1.54) is 62.6 Å². The van der Waals surface area contributed by atoms with E-state index in [0.29, 0.717) is 5.75 Å². The number of rotatable bonds is 14. The molecule has 3 nitrogen and oxygen atoms in total. The normalized spacial score (nSPS) is 10.9. The second-order valence-electron chi connectivity index (χ2n) is 9.25. The summed E-state index contributed by atoms with van der Waals surface area (Å²) < 4.78 is 20.0. The van der Waals surface area contributed by atoms with Gasteiger partial charge in [-0.3, -0.25) is 4.98 Å². The van der Waals surface area contributed by atoms with E-state index < -0.39 is 11.8 Å². The van der Waals surface area contributed by atoms with Crippen molar-refractivity contribution >= 4 is 5.97 Å². The molecule has 0 saturated heterocycles. The van der Waals surface area contributed by atoms with Crippen molar-refractivity contribution in [1.29, 1.82) is 0 Å². The van der Waals surface area contributed by atoms with Crippen LogP contribution in [0.3, 0.4) is 0 Å². The zero-order chi connectivity index (χ0) is 24.9. The van der Waals surface area contributed by atoms with Crippen molar-refractivity contribution in [3.05, 3.63) is 83.3 Å². The lowest BCUT2D eigenvalue weighted by Crippen LogP contribution is -2.11. The lowest BCUT2D eigenvalue weighted by molar-refractivity contribution is 0.0730. The molecule has 3 aromatic rings. The average molecular weight is 476 g/mol. The molecule has 0 aliphatic carbocycles. The van der Waals surface area contributed by atoms with Gasteiger partial charge in [0.05, 0.1) is 11.3 Å². The lowest BCUT2D eigenvalue weighted by Gasteiger charge is -2.08. The van der Waals surface area contributed by atoms with Gasteiger partial charge < -0.3 is 4.74 Å². The molecule has 0 spiro atoms. The van der Waals surface area contributed by atoms with E-state index >= 15 is 0 Å². The molecule has 0 aliphatic rings. The molecule has 35 heavy (non-hydrogen) atoms. The molecule has 4 heteroatoms. The Balaban J connectivity index is 1.52. The standard InChI is InChI=1S/C31H38FNO2/c1-3-5-7-8-9-11-12-24-14-20-28(29(32)22-24)31(34)35-27-18-16-26(17-19-27)30-21-15-25(23-33-30)13-10-6-4-2/h14-23H,3-13H2,1-2H3. The van der Waals surface area contributed by atoms with Gasteiger partial charge in [-0.1, -0.05) is 70.9 Å². The van der Waals surface area contributed by atoms with Gasteiger partial charge in [0.2, 0.25) is 0 Å². The van der Waals surface area contributed by atoms with Crippen LogP contribution in [0, 0.1) is 5.82 Å². The van der Waals surface area contributed by atoms with Crippen LogP contribution in [0.25, 0.3) is 11.3 Å². The minimum atomic E-state index is -0.684. The highest BCUT2D eigenvalue weighted by molar-refractivity contribution is 5.91. The Morgan fingerprint density at radius 1 is 0.771 bits per heavy atom. The van der Waals surface area contributed by atoms with Gasteiger partial charge in [0.15, 0.2) is 0 Å². The maximum absolute atomic E-state index is 14.6. The zero-order valence-electron chi connectivity index (χ0n) is 21.2. The number of halogens is 1. The van der Waals surface area contributed by atoms with Crippen LogP contribution in [0.1, 0.15) is 93.1 Å². The van der Waals surface area contributed by atoms with E-state index in [9.17, 15) is 9.18 Å². The Hall–Kier alpha value is -3.01. The predicted molar refractivity (Wildman–Crippen MR) is 141 cm³/mol. The number of carbonyl (C=O) groups excluding carboxylic acids is 1. The monoisotopic (exact) mass is 475 g/mol.